The fraction of sp³-hybridized carbons (Fsp3) is 0.417. The fourth-order valence-corrected chi connectivity index (χ4v) is 2.28. The molecule has 0 aromatic heterocycles. The summed E-state index contributed by atoms with van der Waals surface area (Å²) in [7, 11) is 0. The molecule has 1 aromatic carbocycles. The van der Waals surface area contributed by atoms with Crippen LogP contribution in [0.5, 0.6) is 0 Å². The van der Waals surface area contributed by atoms with Gasteiger partial charge < -0.3 is 11.2 Å². The van der Waals surface area contributed by atoms with E-state index in [1.54, 1.807) is 6.07 Å². The van der Waals surface area contributed by atoms with E-state index in [4.69, 9.17) is 29.6 Å². The van der Waals surface area contributed by atoms with Crippen molar-refractivity contribution in [2.24, 2.45) is 5.73 Å². The number of halogens is 1. The summed E-state index contributed by atoms with van der Waals surface area (Å²) in [5.74, 6) is 0. The van der Waals surface area contributed by atoms with Crippen molar-refractivity contribution < 1.29 is 0 Å². The largest absolute Gasteiger partial charge is 0.389 e. The van der Waals surface area contributed by atoms with Crippen LogP contribution in [-0.4, -0.2) is 23.1 Å². The average molecular weight is 270 g/mol. The highest BCUT2D eigenvalue weighted by Gasteiger charge is 2.11. The summed E-state index contributed by atoms with van der Waals surface area (Å²) in [6.45, 7) is 2.13. The van der Waals surface area contributed by atoms with Gasteiger partial charge in [-0.15, -0.1) is 0 Å². The average Bonchev–Trinajstić information content (AvgIpc) is 2.33. The van der Waals surface area contributed by atoms with Gasteiger partial charge in [0.05, 0.1) is 10.7 Å². The quantitative estimate of drug-likeness (QED) is 0.828. The van der Waals surface area contributed by atoms with Crippen molar-refractivity contribution in [1.82, 2.24) is 5.01 Å². The molecule has 1 fully saturated rings. The number of rotatable bonds is 3. The lowest BCUT2D eigenvalue weighted by Crippen LogP contribution is -2.34. The van der Waals surface area contributed by atoms with Crippen LogP contribution in [0.25, 0.3) is 0 Å². The van der Waals surface area contributed by atoms with Crippen molar-refractivity contribution in [3.63, 3.8) is 0 Å². The number of nitrogens with two attached hydrogens (primary N) is 1. The second-order valence-electron chi connectivity index (χ2n) is 4.22. The summed E-state index contributed by atoms with van der Waals surface area (Å²) in [6, 6.07) is 5.61. The smallest absolute Gasteiger partial charge is 0.104 e. The minimum atomic E-state index is 0.372. The Balaban J connectivity index is 2.08. The van der Waals surface area contributed by atoms with Crippen LogP contribution in [0, 0.1) is 0 Å². The van der Waals surface area contributed by atoms with Gasteiger partial charge in [0.1, 0.15) is 4.99 Å². The molecule has 2 rings (SSSR count). The number of benzene rings is 1. The first-order valence-electron chi connectivity index (χ1n) is 5.78. The Labute approximate surface area is 112 Å². The van der Waals surface area contributed by atoms with Gasteiger partial charge in [-0.05, 0) is 31.0 Å². The third-order valence-electron chi connectivity index (χ3n) is 2.89. The van der Waals surface area contributed by atoms with E-state index in [-0.39, 0.29) is 0 Å². The van der Waals surface area contributed by atoms with Gasteiger partial charge in [0.2, 0.25) is 0 Å². The molecule has 92 valence electrons. The first-order chi connectivity index (χ1) is 8.16. The topological polar surface area (TPSA) is 41.3 Å². The molecule has 3 N–H and O–H groups in total. The molecule has 0 radical (unpaired) electrons. The van der Waals surface area contributed by atoms with Crippen LogP contribution in [0.1, 0.15) is 24.8 Å². The van der Waals surface area contributed by atoms with E-state index in [2.05, 4.69) is 10.4 Å². The van der Waals surface area contributed by atoms with Gasteiger partial charge in [0.25, 0.3) is 0 Å². The zero-order valence-electron chi connectivity index (χ0n) is 9.58. The number of hydrazine groups is 1. The number of nitrogens with zero attached hydrogens (tertiary/aromatic N) is 1. The first-order valence-corrected chi connectivity index (χ1v) is 6.56. The summed E-state index contributed by atoms with van der Waals surface area (Å²) >= 11 is 11.1. The van der Waals surface area contributed by atoms with Crippen molar-refractivity contribution in [1.29, 1.82) is 0 Å². The zero-order chi connectivity index (χ0) is 12.3. The lowest BCUT2D eigenvalue weighted by Gasteiger charge is -2.28. The van der Waals surface area contributed by atoms with Crippen LogP contribution in [0.4, 0.5) is 5.69 Å². The Morgan fingerprint density at radius 3 is 2.59 bits per heavy atom. The molecule has 0 saturated carbocycles. The number of hydrogen-bond acceptors (Lipinski definition) is 3. The van der Waals surface area contributed by atoms with Crippen LogP contribution in [-0.2, 0) is 0 Å². The van der Waals surface area contributed by atoms with Crippen molar-refractivity contribution in [2.75, 3.05) is 18.5 Å². The van der Waals surface area contributed by atoms with Gasteiger partial charge in [-0.3, -0.25) is 0 Å². The fourth-order valence-electron chi connectivity index (χ4n) is 1.94. The second kappa shape index (κ2) is 5.67. The molecule has 0 atom stereocenters. The maximum absolute atomic E-state index is 6.19. The Morgan fingerprint density at radius 1 is 1.29 bits per heavy atom. The molecule has 0 unspecified atom stereocenters. The Kier molecular flexibility index (Phi) is 4.20. The highest BCUT2D eigenvalue weighted by atomic mass is 35.5. The maximum atomic E-state index is 6.19. The Bertz CT molecular complexity index is 416. The van der Waals surface area contributed by atoms with Crippen LogP contribution in [0.15, 0.2) is 18.2 Å². The van der Waals surface area contributed by atoms with Crippen molar-refractivity contribution in [3.05, 3.63) is 28.8 Å². The van der Waals surface area contributed by atoms with E-state index in [1.165, 1.54) is 19.3 Å². The third-order valence-corrected chi connectivity index (χ3v) is 3.44. The zero-order valence-corrected chi connectivity index (χ0v) is 11.2. The van der Waals surface area contributed by atoms with Crippen LogP contribution in [0.3, 0.4) is 0 Å². The van der Waals surface area contributed by atoms with Gasteiger partial charge >= 0.3 is 0 Å². The van der Waals surface area contributed by atoms with Gasteiger partial charge in [0, 0.05) is 18.7 Å². The minimum Gasteiger partial charge on any atom is -0.389 e. The molecular formula is C12H16ClN3S. The van der Waals surface area contributed by atoms with Gasteiger partial charge in [-0.2, -0.15) is 0 Å². The molecule has 5 heteroatoms. The SMILES string of the molecule is NC(=S)c1ccc(NN2CCCCC2)c(Cl)c1. The number of piperidine rings is 1. The Hall–Kier alpha value is -0.840. The summed E-state index contributed by atoms with van der Waals surface area (Å²) in [5.41, 5.74) is 10.6. The molecule has 17 heavy (non-hydrogen) atoms. The monoisotopic (exact) mass is 269 g/mol. The number of anilines is 1. The van der Waals surface area contributed by atoms with Crippen LogP contribution < -0.4 is 11.2 Å². The molecule has 3 nitrogen and oxygen atoms in total. The Morgan fingerprint density at radius 2 is 2.00 bits per heavy atom. The van der Waals surface area contributed by atoms with E-state index in [0.29, 0.717) is 10.0 Å². The number of hydrogen-bond donors (Lipinski definition) is 2. The van der Waals surface area contributed by atoms with E-state index < -0.39 is 0 Å². The summed E-state index contributed by atoms with van der Waals surface area (Å²) in [6.07, 6.45) is 3.78. The van der Waals surface area contributed by atoms with E-state index in [9.17, 15) is 0 Å². The molecular weight excluding hydrogens is 254 g/mol. The van der Waals surface area contributed by atoms with Crippen molar-refractivity contribution >= 4 is 34.5 Å². The number of thiocarbonyl (C=S) groups is 1. The normalized spacial score (nSPS) is 16.8. The third kappa shape index (κ3) is 3.31. The van der Waals surface area contributed by atoms with Crippen molar-refractivity contribution in [3.8, 4) is 0 Å². The van der Waals surface area contributed by atoms with Gasteiger partial charge in [-0.25, -0.2) is 5.01 Å². The highest BCUT2D eigenvalue weighted by Crippen LogP contribution is 2.24. The molecule has 1 aliphatic rings. The summed E-state index contributed by atoms with van der Waals surface area (Å²) in [4.78, 5) is 0.372. The molecule has 0 bridgehead atoms. The molecule has 0 amide bonds. The first kappa shape index (κ1) is 12.6. The molecule has 1 aromatic rings. The lowest BCUT2D eigenvalue weighted by molar-refractivity contribution is 0.273. The molecule has 0 aliphatic carbocycles. The lowest BCUT2D eigenvalue weighted by atomic mass is 10.1. The summed E-state index contributed by atoms with van der Waals surface area (Å²) in [5, 5.41) is 2.85. The molecule has 1 heterocycles. The highest BCUT2D eigenvalue weighted by molar-refractivity contribution is 7.80. The predicted molar refractivity (Wildman–Crippen MR) is 76.4 cm³/mol. The van der Waals surface area contributed by atoms with E-state index >= 15 is 0 Å². The van der Waals surface area contributed by atoms with Crippen molar-refractivity contribution in [2.45, 2.75) is 19.3 Å². The number of nitrogens with one attached hydrogen (secondary N) is 1. The molecule has 0 spiro atoms. The van der Waals surface area contributed by atoms with Gasteiger partial charge in [0.15, 0.2) is 0 Å². The maximum Gasteiger partial charge on any atom is 0.104 e. The summed E-state index contributed by atoms with van der Waals surface area (Å²) < 4.78 is 0. The molecule has 1 saturated heterocycles. The van der Waals surface area contributed by atoms with Gasteiger partial charge in [-0.1, -0.05) is 30.2 Å². The standard InChI is InChI=1S/C12H16ClN3S/c13-10-8-9(12(14)17)4-5-11(10)15-16-6-2-1-3-7-16/h4-5,8,15H,1-3,6-7H2,(H2,14,17). The minimum absolute atomic E-state index is 0.372. The van der Waals surface area contributed by atoms with E-state index in [0.717, 1.165) is 24.3 Å². The van der Waals surface area contributed by atoms with Crippen LogP contribution >= 0.6 is 23.8 Å². The molecule has 1 aliphatic heterocycles. The van der Waals surface area contributed by atoms with Crippen LogP contribution in [0.2, 0.25) is 5.02 Å². The van der Waals surface area contributed by atoms with E-state index in [1.807, 2.05) is 12.1 Å². The predicted octanol–water partition coefficient (Wildman–Crippen LogP) is 2.79. The second-order valence-corrected chi connectivity index (χ2v) is 5.07.